The fraction of sp³-hybridized carbons (Fsp3) is 0.688. The van der Waals surface area contributed by atoms with Crippen molar-refractivity contribution in [1.82, 2.24) is 14.9 Å². The maximum atomic E-state index is 12.6. The molecule has 1 amide bonds. The number of aliphatic hydroxyl groups is 1. The Hall–Kier alpha value is -0.710. The lowest BCUT2D eigenvalue weighted by atomic mass is 10.2. The van der Waals surface area contributed by atoms with Crippen LogP contribution in [0.15, 0.2) is 16.3 Å². The van der Waals surface area contributed by atoms with Crippen molar-refractivity contribution in [1.29, 1.82) is 0 Å². The van der Waals surface area contributed by atoms with Gasteiger partial charge in [-0.1, -0.05) is 6.42 Å². The zero-order valence-electron chi connectivity index (χ0n) is 14.5. The number of nitrogens with one attached hydrogen (secondary N) is 2. The van der Waals surface area contributed by atoms with E-state index in [1.807, 2.05) is 6.07 Å². The molecule has 0 aliphatic carbocycles. The Balaban J connectivity index is 0.00000243. The summed E-state index contributed by atoms with van der Waals surface area (Å²) in [5.74, 6) is -0.116. The van der Waals surface area contributed by atoms with Crippen LogP contribution in [0.25, 0.3) is 0 Å². The maximum absolute atomic E-state index is 12.6. The molecule has 3 rings (SSSR count). The summed E-state index contributed by atoms with van der Waals surface area (Å²) in [6, 6.07) is 3.15. The lowest BCUT2D eigenvalue weighted by Gasteiger charge is -2.25. The predicted octanol–water partition coefficient (Wildman–Crippen LogP) is 0.726. The minimum atomic E-state index is -3.38. The van der Waals surface area contributed by atoms with Gasteiger partial charge in [0, 0.05) is 31.1 Å². The Kier molecular flexibility index (Phi) is 7.87. The van der Waals surface area contributed by atoms with Gasteiger partial charge in [0.15, 0.2) is 0 Å². The van der Waals surface area contributed by atoms with Crippen molar-refractivity contribution in [3.63, 3.8) is 0 Å². The van der Waals surface area contributed by atoms with E-state index in [4.69, 9.17) is 0 Å². The largest absolute Gasteiger partial charge is 0.392 e. The highest BCUT2D eigenvalue weighted by molar-refractivity contribution is 7.91. The second-order valence-corrected chi connectivity index (χ2v) is 9.91. The summed E-state index contributed by atoms with van der Waals surface area (Å²) >= 11 is 1.28. The van der Waals surface area contributed by atoms with Crippen molar-refractivity contribution in [2.45, 2.75) is 48.5 Å². The van der Waals surface area contributed by atoms with E-state index in [0.29, 0.717) is 43.2 Å². The van der Waals surface area contributed by atoms with Gasteiger partial charge in [0.2, 0.25) is 5.91 Å². The molecule has 148 valence electrons. The highest BCUT2D eigenvalue weighted by Gasteiger charge is 2.28. The van der Waals surface area contributed by atoms with E-state index in [-0.39, 0.29) is 24.4 Å². The second kappa shape index (κ2) is 9.48. The first-order chi connectivity index (χ1) is 12.0. The number of rotatable bonds is 6. The summed E-state index contributed by atoms with van der Waals surface area (Å²) < 4.78 is 27.2. The number of aliphatic hydroxyl groups excluding tert-OH is 1. The molecular formula is C16H26ClN3O4S2. The van der Waals surface area contributed by atoms with Crippen LogP contribution in [0.3, 0.4) is 0 Å². The molecule has 3 N–H and O–H groups in total. The van der Waals surface area contributed by atoms with Gasteiger partial charge >= 0.3 is 0 Å². The van der Waals surface area contributed by atoms with Gasteiger partial charge in [0.05, 0.1) is 12.1 Å². The summed E-state index contributed by atoms with van der Waals surface area (Å²) in [4.78, 5) is 12.9. The molecule has 1 aromatic heterocycles. The standard InChI is InChI=1S/C16H25N3O4S2.ClH/c20-12-10-14(18-11-12)16(21)17-7-6-13-4-5-15(24-13)25(22,23)19-8-2-1-3-9-19;/h4-5,12,14,18,20H,1-3,6-11H2,(H,17,21);1H. The van der Waals surface area contributed by atoms with Crippen LogP contribution in [-0.2, 0) is 21.2 Å². The first-order valence-corrected chi connectivity index (χ1v) is 11.0. The number of hydrogen-bond donors (Lipinski definition) is 3. The van der Waals surface area contributed by atoms with E-state index in [1.54, 1.807) is 10.4 Å². The van der Waals surface area contributed by atoms with Gasteiger partial charge in [-0.3, -0.25) is 4.79 Å². The van der Waals surface area contributed by atoms with Crippen LogP contribution in [0, 0.1) is 0 Å². The number of sulfonamides is 1. The average molecular weight is 424 g/mol. The Morgan fingerprint density at radius 1 is 1.31 bits per heavy atom. The minimum absolute atomic E-state index is 0. The molecule has 0 saturated carbocycles. The number of carbonyl (C=O) groups excluding carboxylic acids is 1. The molecule has 3 heterocycles. The van der Waals surface area contributed by atoms with Crippen LogP contribution < -0.4 is 10.6 Å². The van der Waals surface area contributed by atoms with Crippen molar-refractivity contribution in [2.75, 3.05) is 26.2 Å². The Bertz CT molecular complexity index is 704. The van der Waals surface area contributed by atoms with E-state index < -0.39 is 16.1 Å². The molecule has 10 heteroatoms. The van der Waals surface area contributed by atoms with Gasteiger partial charge in [0.1, 0.15) is 4.21 Å². The molecule has 2 aliphatic rings. The normalized spacial score (nSPS) is 24.2. The number of carbonyl (C=O) groups is 1. The molecule has 7 nitrogen and oxygen atoms in total. The zero-order chi connectivity index (χ0) is 17.9. The highest BCUT2D eigenvalue weighted by atomic mass is 35.5. The number of amides is 1. The third kappa shape index (κ3) is 5.17. The number of halogens is 1. The number of nitrogens with zero attached hydrogens (tertiary/aromatic N) is 1. The lowest BCUT2D eigenvalue weighted by molar-refractivity contribution is -0.122. The SMILES string of the molecule is Cl.O=C(NCCc1ccc(S(=O)(=O)N2CCCCC2)s1)C1CC(O)CN1. The molecule has 2 aliphatic heterocycles. The summed E-state index contributed by atoms with van der Waals surface area (Å²) in [6.45, 7) is 2.11. The topological polar surface area (TPSA) is 98.7 Å². The quantitative estimate of drug-likeness (QED) is 0.626. The Morgan fingerprint density at radius 2 is 2.04 bits per heavy atom. The van der Waals surface area contributed by atoms with Gasteiger partial charge in [0.25, 0.3) is 10.0 Å². The molecule has 2 atom stereocenters. The Labute approximate surface area is 164 Å². The van der Waals surface area contributed by atoms with E-state index in [9.17, 15) is 18.3 Å². The molecule has 2 fully saturated rings. The zero-order valence-corrected chi connectivity index (χ0v) is 17.0. The van der Waals surface area contributed by atoms with Crippen LogP contribution in [0.4, 0.5) is 0 Å². The van der Waals surface area contributed by atoms with E-state index in [2.05, 4.69) is 10.6 Å². The molecule has 0 bridgehead atoms. The molecule has 0 aromatic carbocycles. The summed E-state index contributed by atoms with van der Waals surface area (Å²) in [5.41, 5.74) is 0. The first kappa shape index (κ1) is 21.6. The van der Waals surface area contributed by atoms with Crippen molar-refractivity contribution >= 4 is 39.7 Å². The summed E-state index contributed by atoms with van der Waals surface area (Å²) in [6.07, 6.45) is 3.51. The average Bonchev–Trinajstić information content (AvgIpc) is 3.25. The number of thiophene rings is 1. The van der Waals surface area contributed by atoms with Gasteiger partial charge in [-0.05, 0) is 37.8 Å². The van der Waals surface area contributed by atoms with Gasteiger partial charge < -0.3 is 15.7 Å². The number of hydrogen-bond acceptors (Lipinski definition) is 6. The van der Waals surface area contributed by atoms with E-state index in [1.165, 1.54) is 11.3 Å². The number of β-amino-alcohol motifs (C(OH)–C–C–N with tert-alkyl or cyclic N) is 1. The van der Waals surface area contributed by atoms with Crippen LogP contribution >= 0.6 is 23.7 Å². The van der Waals surface area contributed by atoms with Gasteiger partial charge in [-0.15, -0.1) is 23.7 Å². The molecule has 1 aromatic rings. The Morgan fingerprint density at radius 3 is 2.69 bits per heavy atom. The third-order valence-electron chi connectivity index (χ3n) is 4.64. The maximum Gasteiger partial charge on any atom is 0.252 e. The molecule has 0 radical (unpaired) electrons. The van der Waals surface area contributed by atoms with Crippen LogP contribution in [0.2, 0.25) is 0 Å². The fourth-order valence-corrected chi connectivity index (χ4v) is 6.24. The summed E-state index contributed by atoms with van der Waals surface area (Å²) in [7, 11) is -3.38. The monoisotopic (exact) mass is 423 g/mol. The van der Waals surface area contributed by atoms with Crippen LogP contribution in [-0.4, -0.2) is 62.1 Å². The molecule has 2 unspecified atom stereocenters. The van der Waals surface area contributed by atoms with E-state index in [0.717, 1.165) is 24.1 Å². The van der Waals surface area contributed by atoms with Crippen molar-refractivity contribution < 1.29 is 18.3 Å². The second-order valence-electron chi connectivity index (χ2n) is 6.58. The lowest BCUT2D eigenvalue weighted by Crippen LogP contribution is -2.41. The highest BCUT2D eigenvalue weighted by Crippen LogP contribution is 2.27. The molecule has 26 heavy (non-hydrogen) atoms. The van der Waals surface area contributed by atoms with Gasteiger partial charge in [-0.25, -0.2) is 8.42 Å². The van der Waals surface area contributed by atoms with Crippen molar-refractivity contribution in [3.8, 4) is 0 Å². The van der Waals surface area contributed by atoms with Crippen molar-refractivity contribution in [2.24, 2.45) is 0 Å². The summed E-state index contributed by atoms with van der Waals surface area (Å²) in [5, 5.41) is 15.2. The molecule has 2 saturated heterocycles. The fourth-order valence-electron chi connectivity index (χ4n) is 3.21. The smallest absolute Gasteiger partial charge is 0.252 e. The van der Waals surface area contributed by atoms with Crippen molar-refractivity contribution in [3.05, 3.63) is 17.0 Å². The molecule has 0 spiro atoms. The first-order valence-electron chi connectivity index (χ1n) is 8.75. The third-order valence-corrected chi connectivity index (χ3v) is 8.15. The minimum Gasteiger partial charge on any atom is -0.392 e. The van der Waals surface area contributed by atoms with Gasteiger partial charge in [-0.2, -0.15) is 4.31 Å². The molecular weight excluding hydrogens is 398 g/mol. The van der Waals surface area contributed by atoms with E-state index >= 15 is 0 Å². The number of piperidine rings is 1. The predicted molar refractivity (Wildman–Crippen MR) is 103 cm³/mol. The van der Waals surface area contributed by atoms with Crippen LogP contribution in [0.5, 0.6) is 0 Å². The van der Waals surface area contributed by atoms with Crippen LogP contribution in [0.1, 0.15) is 30.6 Å².